The summed E-state index contributed by atoms with van der Waals surface area (Å²) < 4.78 is 2.19. The molecule has 0 fully saturated rings. The van der Waals surface area contributed by atoms with Crippen LogP contribution in [0.1, 0.15) is 0 Å². The van der Waals surface area contributed by atoms with Crippen molar-refractivity contribution in [3.63, 3.8) is 0 Å². The Balaban J connectivity index is 2.31. The maximum atomic E-state index is 9.88. The molecule has 0 aliphatic heterocycles. The number of nitrogens with zero attached hydrogens (tertiary/aromatic N) is 1. The van der Waals surface area contributed by atoms with Crippen LogP contribution in [0.4, 0.5) is 0 Å². The van der Waals surface area contributed by atoms with Crippen molar-refractivity contribution in [1.82, 2.24) is 4.57 Å². The molecule has 92 valence electrons. The molecule has 2 aromatic carbocycles. The first-order chi connectivity index (χ1) is 8.81. The monoisotopic (exact) mass is 303 g/mol. The minimum Gasteiger partial charge on any atom is -0.390 e. The van der Waals surface area contributed by atoms with Gasteiger partial charge in [-0.25, -0.2) is 0 Å². The van der Waals surface area contributed by atoms with Crippen molar-refractivity contribution in [3.8, 4) is 0 Å². The van der Waals surface area contributed by atoms with Crippen LogP contribution in [0.5, 0.6) is 0 Å². The number of aliphatic hydroxyl groups excluding tert-OH is 1. The minimum atomic E-state index is -0.371. The zero-order valence-electron chi connectivity index (χ0n) is 9.88. The van der Waals surface area contributed by atoms with Crippen LogP contribution in [-0.2, 0) is 6.54 Å². The van der Waals surface area contributed by atoms with Crippen molar-refractivity contribution >= 4 is 37.7 Å². The van der Waals surface area contributed by atoms with Gasteiger partial charge in [0.05, 0.1) is 6.10 Å². The van der Waals surface area contributed by atoms with Gasteiger partial charge in [-0.05, 0) is 12.1 Å². The molecule has 0 aliphatic rings. The first-order valence-corrected chi connectivity index (χ1v) is 7.13. The number of para-hydroxylation sites is 2. The summed E-state index contributed by atoms with van der Waals surface area (Å²) in [6.07, 6.45) is -0.371. The van der Waals surface area contributed by atoms with Crippen molar-refractivity contribution in [3.05, 3.63) is 48.5 Å². The molecule has 1 N–H and O–H groups in total. The van der Waals surface area contributed by atoms with Crippen LogP contribution in [0.25, 0.3) is 21.8 Å². The van der Waals surface area contributed by atoms with E-state index in [9.17, 15) is 5.11 Å². The lowest BCUT2D eigenvalue weighted by Gasteiger charge is -2.11. The molecule has 1 heterocycles. The highest BCUT2D eigenvalue weighted by molar-refractivity contribution is 9.09. The Morgan fingerprint density at radius 2 is 1.44 bits per heavy atom. The van der Waals surface area contributed by atoms with E-state index in [0.29, 0.717) is 11.9 Å². The standard InChI is InChI=1S/C15H14BrNO/c16-9-11(18)10-17-14-7-3-1-5-12(14)13-6-2-4-8-15(13)17/h1-8,11,18H,9-10H2/t11-/m1/s1. The van der Waals surface area contributed by atoms with E-state index in [0.717, 1.165) is 0 Å². The summed E-state index contributed by atoms with van der Waals surface area (Å²) in [5.41, 5.74) is 2.36. The summed E-state index contributed by atoms with van der Waals surface area (Å²) in [4.78, 5) is 0. The van der Waals surface area contributed by atoms with Crippen LogP contribution in [0, 0.1) is 0 Å². The molecule has 0 spiro atoms. The van der Waals surface area contributed by atoms with Gasteiger partial charge in [0.2, 0.25) is 0 Å². The summed E-state index contributed by atoms with van der Waals surface area (Å²) in [5.74, 6) is 0. The SMILES string of the molecule is O[C@H](CBr)Cn1c2ccccc2c2ccccc21. The fourth-order valence-corrected chi connectivity index (χ4v) is 2.66. The van der Waals surface area contributed by atoms with Crippen molar-refractivity contribution in [2.75, 3.05) is 5.33 Å². The maximum Gasteiger partial charge on any atom is 0.0815 e. The van der Waals surface area contributed by atoms with Crippen molar-refractivity contribution < 1.29 is 5.11 Å². The second kappa shape index (κ2) is 4.75. The average Bonchev–Trinajstić information content (AvgIpc) is 2.74. The third-order valence-electron chi connectivity index (χ3n) is 3.25. The molecule has 0 saturated carbocycles. The molecule has 0 amide bonds. The molecule has 0 saturated heterocycles. The number of alkyl halides is 1. The summed E-state index contributed by atoms with van der Waals surface area (Å²) in [6, 6.07) is 16.7. The highest BCUT2D eigenvalue weighted by Crippen LogP contribution is 2.28. The van der Waals surface area contributed by atoms with E-state index < -0.39 is 0 Å². The Morgan fingerprint density at radius 3 is 1.94 bits per heavy atom. The molecule has 18 heavy (non-hydrogen) atoms. The lowest BCUT2D eigenvalue weighted by molar-refractivity contribution is 0.182. The largest absolute Gasteiger partial charge is 0.390 e. The van der Waals surface area contributed by atoms with Crippen molar-refractivity contribution in [2.24, 2.45) is 0 Å². The average molecular weight is 304 g/mol. The van der Waals surface area contributed by atoms with Gasteiger partial charge in [0.25, 0.3) is 0 Å². The van der Waals surface area contributed by atoms with Crippen molar-refractivity contribution in [1.29, 1.82) is 0 Å². The zero-order chi connectivity index (χ0) is 12.5. The normalized spacial score (nSPS) is 13.2. The Morgan fingerprint density at radius 1 is 0.944 bits per heavy atom. The smallest absolute Gasteiger partial charge is 0.0815 e. The van der Waals surface area contributed by atoms with Gasteiger partial charge in [-0.2, -0.15) is 0 Å². The second-order valence-corrected chi connectivity index (χ2v) is 5.10. The summed E-state index contributed by atoms with van der Waals surface area (Å²) in [5, 5.41) is 13.0. The molecule has 1 aromatic heterocycles. The molecule has 0 bridgehead atoms. The lowest BCUT2D eigenvalue weighted by atomic mass is 10.2. The number of aromatic nitrogens is 1. The summed E-state index contributed by atoms with van der Waals surface area (Å²) >= 11 is 3.33. The van der Waals surface area contributed by atoms with E-state index in [1.54, 1.807) is 0 Å². The Hall–Kier alpha value is -1.32. The Kier molecular flexibility index (Phi) is 3.10. The number of fused-ring (bicyclic) bond motifs is 3. The number of rotatable bonds is 3. The number of halogens is 1. The quantitative estimate of drug-likeness (QED) is 0.736. The van der Waals surface area contributed by atoms with E-state index in [1.807, 2.05) is 12.1 Å². The first-order valence-electron chi connectivity index (χ1n) is 6.01. The van der Waals surface area contributed by atoms with Crippen LogP contribution in [0.15, 0.2) is 48.5 Å². The maximum absolute atomic E-state index is 9.88. The summed E-state index contributed by atoms with van der Waals surface area (Å²) in [7, 11) is 0. The fourth-order valence-electron chi connectivity index (χ4n) is 2.46. The van der Waals surface area contributed by atoms with Gasteiger partial charge in [-0.1, -0.05) is 52.3 Å². The van der Waals surface area contributed by atoms with Crippen LogP contribution < -0.4 is 0 Å². The minimum absolute atomic E-state index is 0.371. The van der Waals surface area contributed by atoms with E-state index in [2.05, 4.69) is 56.9 Å². The Labute approximate surface area is 114 Å². The highest BCUT2D eigenvalue weighted by Gasteiger charge is 2.12. The number of hydrogen-bond donors (Lipinski definition) is 1. The van der Waals surface area contributed by atoms with Crippen LogP contribution >= 0.6 is 15.9 Å². The van der Waals surface area contributed by atoms with Gasteiger partial charge in [0.15, 0.2) is 0 Å². The van der Waals surface area contributed by atoms with Gasteiger partial charge in [-0.15, -0.1) is 0 Å². The van der Waals surface area contributed by atoms with Gasteiger partial charge < -0.3 is 9.67 Å². The topological polar surface area (TPSA) is 25.2 Å². The zero-order valence-corrected chi connectivity index (χ0v) is 11.5. The molecular weight excluding hydrogens is 290 g/mol. The van der Waals surface area contributed by atoms with Crippen LogP contribution in [0.3, 0.4) is 0 Å². The van der Waals surface area contributed by atoms with E-state index >= 15 is 0 Å². The predicted molar refractivity (Wildman–Crippen MR) is 79.2 cm³/mol. The molecule has 0 aliphatic carbocycles. The third-order valence-corrected chi connectivity index (χ3v) is 4.00. The van der Waals surface area contributed by atoms with E-state index in [4.69, 9.17) is 0 Å². The summed E-state index contributed by atoms with van der Waals surface area (Å²) in [6.45, 7) is 0.610. The molecule has 3 rings (SSSR count). The first kappa shape index (κ1) is 11.8. The number of benzene rings is 2. The number of aliphatic hydroxyl groups is 1. The van der Waals surface area contributed by atoms with Gasteiger partial charge in [0.1, 0.15) is 0 Å². The second-order valence-electron chi connectivity index (χ2n) is 4.45. The molecule has 3 heteroatoms. The van der Waals surface area contributed by atoms with E-state index in [-0.39, 0.29) is 6.10 Å². The van der Waals surface area contributed by atoms with Crippen molar-refractivity contribution in [2.45, 2.75) is 12.6 Å². The lowest BCUT2D eigenvalue weighted by Crippen LogP contribution is -2.16. The molecule has 3 aromatic rings. The van der Waals surface area contributed by atoms with Crippen LogP contribution in [-0.4, -0.2) is 21.1 Å². The predicted octanol–water partition coefficient (Wildman–Crippen LogP) is 3.55. The molecule has 0 radical (unpaired) electrons. The van der Waals surface area contributed by atoms with Gasteiger partial charge in [-0.3, -0.25) is 0 Å². The third kappa shape index (κ3) is 1.84. The van der Waals surface area contributed by atoms with Gasteiger partial charge in [0, 0.05) is 33.7 Å². The molecule has 0 unspecified atom stereocenters. The fraction of sp³-hybridized carbons (Fsp3) is 0.200. The highest BCUT2D eigenvalue weighted by atomic mass is 79.9. The molecular formula is C15H14BrNO. The Bertz CT molecular complexity index is 636. The molecule has 2 nitrogen and oxygen atoms in total. The van der Waals surface area contributed by atoms with Crippen LogP contribution in [0.2, 0.25) is 0 Å². The number of hydrogen-bond acceptors (Lipinski definition) is 1. The van der Waals surface area contributed by atoms with Gasteiger partial charge >= 0.3 is 0 Å². The molecule has 1 atom stereocenters. The van der Waals surface area contributed by atoms with E-state index in [1.165, 1.54) is 21.8 Å².